The Balaban J connectivity index is 1.65. The van der Waals surface area contributed by atoms with Crippen LogP contribution in [-0.2, 0) is 9.47 Å². The number of nitro groups is 1. The number of nitrogen functional groups attached to an aromatic ring is 1. The van der Waals surface area contributed by atoms with Crippen LogP contribution >= 0.6 is 0 Å². The summed E-state index contributed by atoms with van der Waals surface area (Å²) in [7, 11) is 0. The molecule has 2 aromatic rings. The van der Waals surface area contributed by atoms with Crippen molar-refractivity contribution in [2.24, 2.45) is 0 Å². The van der Waals surface area contributed by atoms with Crippen molar-refractivity contribution in [3.63, 3.8) is 0 Å². The molecule has 0 aromatic heterocycles. The number of ether oxygens (including phenoxy) is 6. The van der Waals surface area contributed by atoms with E-state index in [-0.39, 0.29) is 36.9 Å². The van der Waals surface area contributed by atoms with Crippen molar-refractivity contribution in [1.29, 1.82) is 0 Å². The highest BCUT2D eigenvalue weighted by molar-refractivity contribution is 5.65. The maximum absolute atomic E-state index is 11.1. The first-order valence-corrected chi connectivity index (χ1v) is 9.49. The molecule has 2 N–H and O–H groups in total. The topological polar surface area (TPSA) is 125 Å². The molecule has 0 fully saturated rings. The highest BCUT2D eigenvalue weighted by atomic mass is 16.6. The number of rotatable bonds is 1. The lowest BCUT2D eigenvalue weighted by atomic mass is 10.2. The number of para-hydroxylation sites is 2. The molecule has 0 spiro atoms. The number of nitrogens with two attached hydrogens (primary N) is 1. The first-order chi connectivity index (χ1) is 14.6. The molecule has 0 saturated heterocycles. The quantitative estimate of drug-likeness (QED) is 0.421. The SMILES string of the molecule is Nc1cc2c(cc1[N+](=O)[O-])OCCOCCOc1ccccc1OCCOCCO2. The summed E-state index contributed by atoms with van der Waals surface area (Å²) in [6.07, 6.45) is 0. The molecule has 2 aromatic carbocycles. The summed E-state index contributed by atoms with van der Waals surface area (Å²) < 4.78 is 33.7. The third-order valence-corrected chi connectivity index (χ3v) is 4.08. The van der Waals surface area contributed by atoms with E-state index in [4.69, 9.17) is 34.2 Å². The van der Waals surface area contributed by atoms with Gasteiger partial charge in [-0.15, -0.1) is 0 Å². The van der Waals surface area contributed by atoms with Gasteiger partial charge in [0.1, 0.15) is 32.1 Å². The normalized spacial score (nSPS) is 16.1. The first-order valence-electron chi connectivity index (χ1n) is 9.49. The Hall–Kier alpha value is -3.24. The number of benzene rings is 2. The molecule has 1 heterocycles. The Morgan fingerprint density at radius 1 is 0.700 bits per heavy atom. The van der Waals surface area contributed by atoms with Gasteiger partial charge in [-0.05, 0) is 12.1 Å². The largest absolute Gasteiger partial charge is 0.487 e. The van der Waals surface area contributed by atoms with Crippen molar-refractivity contribution in [2.75, 3.05) is 58.6 Å². The number of nitrogens with zero attached hydrogens (tertiary/aromatic N) is 1. The zero-order valence-electron chi connectivity index (χ0n) is 16.4. The smallest absolute Gasteiger partial charge is 0.296 e. The highest BCUT2D eigenvalue weighted by Gasteiger charge is 2.18. The van der Waals surface area contributed by atoms with Gasteiger partial charge >= 0.3 is 0 Å². The minimum atomic E-state index is -0.570. The molecule has 0 unspecified atom stereocenters. The number of hydrogen-bond acceptors (Lipinski definition) is 9. The van der Waals surface area contributed by atoms with Crippen molar-refractivity contribution < 1.29 is 33.3 Å². The lowest BCUT2D eigenvalue weighted by molar-refractivity contribution is -0.384. The predicted octanol–water partition coefficient (Wildman–Crippen LogP) is 2.44. The Kier molecular flexibility index (Phi) is 7.93. The fourth-order valence-corrected chi connectivity index (χ4v) is 2.68. The van der Waals surface area contributed by atoms with Crippen LogP contribution in [0.2, 0.25) is 0 Å². The summed E-state index contributed by atoms with van der Waals surface area (Å²) >= 11 is 0. The van der Waals surface area contributed by atoms with Crippen LogP contribution in [0.25, 0.3) is 0 Å². The van der Waals surface area contributed by atoms with Gasteiger partial charge in [-0.25, -0.2) is 0 Å². The van der Waals surface area contributed by atoms with Crippen molar-refractivity contribution in [3.8, 4) is 23.0 Å². The van der Waals surface area contributed by atoms with Crippen LogP contribution in [-0.4, -0.2) is 57.8 Å². The minimum Gasteiger partial charge on any atom is -0.487 e. The summed E-state index contributed by atoms with van der Waals surface area (Å²) in [4.78, 5) is 10.6. The molecule has 0 radical (unpaired) electrons. The molecule has 10 nitrogen and oxygen atoms in total. The van der Waals surface area contributed by atoms with E-state index in [0.717, 1.165) is 0 Å². The van der Waals surface area contributed by atoms with E-state index in [2.05, 4.69) is 0 Å². The molecule has 1 aliphatic heterocycles. The van der Waals surface area contributed by atoms with Gasteiger partial charge in [0.15, 0.2) is 23.0 Å². The van der Waals surface area contributed by atoms with E-state index >= 15 is 0 Å². The van der Waals surface area contributed by atoms with Gasteiger partial charge in [0.2, 0.25) is 0 Å². The van der Waals surface area contributed by atoms with Crippen molar-refractivity contribution in [3.05, 3.63) is 46.5 Å². The van der Waals surface area contributed by atoms with Crippen LogP contribution in [0, 0.1) is 10.1 Å². The average Bonchev–Trinajstić information content (AvgIpc) is 2.73. The van der Waals surface area contributed by atoms with E-state index < -0.39 is 4.92 Å². The van der Waals surface area contributed by atoms with E-state index in [0.29, 0.717) is 50.3 Å². The molecule has 0 aliphatic carbocycles. The van der Waals surface area contributed by atoms with Crippen molar-refractivity contribution in [2.45, 2.75) is 0 Å². The van der Waals surface area contributed by atoms with E-state index in [1.807, 2.05) is 24.3 Å². The monoisotopic (exact) mass is 420 g/mol. The second kappa shape index (κ2) is 11.1. The minimum absolute atomic E-state index is 0.00845. The number of anilines is 1. The fraction of sp³-hybridized carbons (Fsp3) is 0.400. The van der Waals surface area contributed by atoms with Crippen LogP contribution in [0.4, 0.5) is 11.4 Å². The summed E-state index contributed by atoms with van der Waals surface area (Å²) in [5.74, 6) is 1.78. The zero-order chi connectivity index (χ0) is 21.2. The lowest BCUT2D eigenvalue weighted by Gasteiger charge is -2.15. The molecule has 0 atom stereocenters. The molecule has 30 heavy (non-hydrogen) atoms. The van der Waals surface area contributed by atoms with Crippen LogP contribution in [0.5, 0.6) is 23.0 Å². The fourth-order valence-electron chi connectivity index (χ4n) is 2.68. The molecular formula is C20H24N2O8. The van der Waals surface area contributed by atoms with Gasteiger partial charge in [-0.1, -0.05) is 12.1 Å². The number of fused-ring (bicyclic) bond motifs is 2. The molecule has 162 valence electrons. The maximum Gasteiger partial charge on any atom is 0.296 e. The van der Waals surface area contributed by atoms with Crippen LogP contribution < -0.4 is 24.7 Å². The van der Waals surface area contributed by atoms with Gasteiger partial charge in [-0.2, -0.15) is 0 Å². The molecule has 10 heteroatoms. The van der Waals surface area contributed by atoms with E-state index in [1.54, 1.807) is 0 Å². The summed E-state index contributed by atoms with van der Waals surface area (Å²) in [5.41, 5.74) is 5.50. The van der Waals surface area contributed by atoms with Gasteiger partial charge in [0, 0.05) is 6.07 Å². The average molecular weight is 420 g/mol. The third kappa shape index (κ3) is 6.13. The Morgan fingerprint density at radius 3 is 1.60 bits per heavy atom. The Labute approximate surface area is 173 Å². The zero-order valence-corrected chi connectivity index (χ0v) is 16.4. The Bertz CT molecular complexity index is 846. The second-order valence-electron chi connectivity index (χ2n) is 6.18. The number of hydrogen-bond donors (Lipinski definition) is 1. The van der Waals surface area contributed by atoms with Gasteiger partial charge in [0.05, 0.1) is 37.4 Å². The summed E-state index contributed by atoms with van der Waals surface area (Å²) in [5, 5.41) is 11.1. The molecule has 3 rings (SSSR count). The van der Waals surface area contributed by atoms with Gasteiger partial charge in [0.25, 0.3) is 5.69 Å². The second-order valence-corrected chi connectivity index (χ2v) is 6.18. The lowest BCUT2D eigenvalue weighted by Crippen LogP contribution is -2.15. The van der Waals surface area contributed by atoms with Crippen molar-refractivity contribution in [1.82, 2.24) is 0 Å². The highest BCUT2D eigenvalue weighted by Crippen LogP contribution is 2.36. The van der Waals surface area contributed by atoms with E-state index in [9.17, 15) is 10.1 Å². The first kappa shape index (κ1) is 21.5. The van der Waals surface area contributed by atoms with Crippen LogP contribution in [0.3, 0.4) is 0 Å². The molecule has 0 amide bonds. The molecule has 1 aliphatic rings. The van der Waals surface area contributed by atoms with Crippen LogP contribution in [0.15, 0.2) is 36.4 Å². The molecular weight excluding hydrogens is 396 g/mol. The summed E-state index contributed by atoms with van der Waals surface area (Å²) in [6, 6.07) is 10.00. The summed E-state index contributed by atoms with van der Waals surface area (Å²) in [6.45, 7) is 2.31. The van der Waals surface area contributed by atoms with E-state index in [1.165, 1.54) is 12.1 Å². The molecule has 0 bridgehead atoms. The van der Waals surface area contributed by atoms with Gasteiger partial charge in [-0.3, -0.25) is 10.1 Å². The third-order valence-electron chi connectivity index (χ3n) is 4.08. The standard InChI is InChI=1S/C20H24N2O8/c21-15-13-19-20(14-16(15)22(23)24)30-12-8-26-6-10-28-18-4-2-1-3-17(18)27-9-5-25-7-11-29-19/h1-4,13-14H,5-12,21H2. The maximum atomic E-state index is 11.1. The number of nitro benzene ring substituents is 1. The molecule has 0 saturated carbocycles. The Morgan fingerprint density at radius 2 is 1.13 bits per heavy atom. The van der Waals surface area contributed by atoms with Gasteiger partial charge < -0.3 is 34.2 Å². The van der Waals surface area contributed by atoms with Crippen LogP contribution in [0.1, 0.15) is 0 Å². The van der Waals surface area contributed by atoms with Crippen molar-refractivity contribution >= 4 is 11.4 Å². The predicted molar refractivity (Wildman–Crippen MR) is 108 cm³/mol.